The van der Waals surface area contributed by atoms with Crippen LogP contribution in [0.15, 0.2) is 18.2 Å². The Labute approximate surface area is 98.5 Å². The van der Waals surface area contributed by atoms with Crippen molar-refractivity contribution in [1.29, 1.82) is 0 Å². The Kier molecular flexibility index (Phi) is 4.17. The van der Waals surface area contributed by atoms with Gasteiger partial charge in [-0.25, -0.2) is 8.78 Å². The maximum absolute atomic E-state index is 13.2. The number of halogens is 2. The Balaban J connectivity index is 2.74. The molecule has 0 aliphatic heterocycles. The number of hydrogen-bond donors (Lipinski definition) is 2. The topological polar surface area (TPSA) is 49.3 Å². The summed E-state index contributed by atoms with van der Waals surface area (Å²) in [4.78, 5) is 11.6. The van der Waals surface area contributed by atoms with E-state index in [0.29, 0.717) is 0 Å². The van der Waals surface area contributed by atoms with Gasteiger partial charge in [-0.15, -0.1) is 0 Å². The molecule has 0 aromatic heterocycles. The molecule has 1 aromatic carbocycles. The summed E-state index contributed by atoms with van der Waals surface area (Å²) < 4.78 is 26.1. The minimum Gasteiger partial charge on any atom is -0.396 e. The lowest BCUT2D eigenvalue weighted by atomic mass is 9.95. The fourth-order valence-electron chi connectivity index (χ4n) is 1.14. The molecule has 0 aliphatic rings. The molecule has 0 saturated carbocycles. The van der Waals surface area contributed by atoms with E-state index in [1.165, 1.54) is 0 Å². The summed E-state index contributed by atoms with van der Waals surface area (Å²) in [6, 6.07) is 2.70. The number of carbonyl (C=O) groups excluding carboxylic acids is 1. The molecule has 0 spiro atoms. The summed E-state index contributed by atoms with van der Waals surface area (Å²) in [6.45, 7) is 3.56. The monoisotopic (exact) mass is 243 g/mol. The highest BCUT2D eigenvalue weighted by molar-refractivity contribution is 5.94. The zero-order valence-corrected chi connectivity index (χ0v) is 9.76. The summed E-state index contributed by atoms with van der Waals surface area (Å²) >= 11 is 0. The molecule has 94 valence electrons. The fourth-order valence-corrected chi connectivity index (χ4v) is 1.14. The fraction of sp³-hybridized carbons (Fsp3) is 0.417. The van der Waals surface area contributed by atoms with Crippen LogP contribution in [-0.2, 0) is 0 Å². The van der Waals surface area contributed by atoms with Crippen LogP contribution in [0.2, 0.25) is 0 Å². The van der Waals surface area contributed by atoms with Crippen molar-refractivity contribution >= 4 is 5.91 Å². The molecule has 1 amide bonds. The number of amides is 1. The number of hydrogen-bond acceptors (Lipinski definition) is 2. The van der Waals surface area contributed by atoms with E-state index < -0.39 is 23.0 Å². The second-order valence-electron chi connectivity index (χ2n) is 4.63. The van der Waals surface area contributed by atoms with Gasteiger partial charge in [-0.2, -0.15) is 0 Å². The number of aliphatic hydroxyl groups is 1. The van der Waals surface area contributed by atoms with E-state index in [2.05, 4.69) is 5.32 Å². The molecule has 1 rings (SSSR count). The third-order valence-corrected chi connectivity index (χ3v) is 2.33. The Hall–Kier alpha value is -1.49. The van der Waals surface area contributed by atoms with E-state index >= 15 is 0 Å². The van der Waals surface area contributed by atoms with E-state index in [4.69, 9.17) is 5.11 Å². The molecule has 2 N–H and O–H groups in total. The predicted molar refractivity (Wildman–Crippen MR) is 59.6 cm³/mol. The van der Waals surface area contributed by atoms with Crippen LogP contribution in [-0.4, -0.2) is 24.2 Å². The first-order valence-electron chi connectivity index (χ1n) is 5.20. The molecule has 0 bridgehead atoms. The Morgan fingerprint density at radius 2 is 2.06 bits per heavy atom. The van der Waals surface area contributed by atoms with Crippen molar-refractivity contribution < 1.29 is 18.7 Å². The van der Waals surface area contributed by atoms with Gasteiger partial charge < -0.3 is 10.4 Å². The molecule has 0 radical (unpaired) electrons. The van der Waals surface area contributed by atoms with Crippen molar-refractivity contribution in [1.82, 2.24) is 5.32 Å². The second-order valence-corrected chi connectivity index (χ2v) is 4.63. The second kappa shape index (κ2) is 5.23. The van der Waals surface area contributed by atoms with Crippen molar-refractivity contribution in [3.63, 3.8) is 0 Å². The molecular formula is C12H15F2NO2. The minimum absolute atomic E-state index is 0.112. The molecule has 5 heteroatoms. The van der Waals surface area contributed by atoms with Crippen LogP contribution in [0.4, 0.5) is 8.78 Å². The first-order chi connectivity index (χ1) is 7.85. The summed E-state index contributed by atoms with van der Waals surface area (Å²) in [5.74, 6) is -2.13. The number of aliphatic hydroxyl groups excluding tert-OH is 1. The zero-order chi connectivity index (χ0) is 13.1. The van der Waals surface area contributed by atoms with Crippen LogP contribution in [0.1, 0.15) is 24.2 Å². The maximum Gasteiger partial charge on any atom is 0.254 e. The van der Waals surface area contributed by atoms with Gasteiger partial charge >= 0.3 is 0 Å². The van der Waals surface area contributed by atoms with Gasteiger partial charge in [0, 0.05) is 18.6 Å². The predicted octanol–water partition coefficient (Wildman–Crippen LogP) is 1.71. The van der Waals surface area contributed by atoms with Gasteiger partial charge in [0.2, 0.25) is 0 Å². The summed E-state index contributed by atoms with van der Waals surface area (Å²) in [7, 11) is 0. The number of carbonyl (C=O) groups is 1. The molecule has 0 fully saturated rings. The zero-order valence-electron chi connectivity index (χ0n) is 9.76. The average molecular weight is 243 g/mol. The van der Waals surface area contributed by atoms with Gasteiger partial charge in [0.25, 0.3) is 5.91 Å². The molecule has 17 heavy (non-hydrogen) atoms. The lowest BCUT2D eigenvalue weighted by molar-refractivity contribution is 0.0906. The Morgan fingerprint density at radius 3 is 2.65 bits per heavy atom. The van der Waals surface area contributed by atoms with Gasteiger partial charge in [0.15, 0.2) is 0 Å². The highest BCUT2D eigenvalue weighted by atomic mass is 19.1. The van der Waals surface area contributed by atoms with Gasteiger partial charge in [0.05, 0.1) is 5.56 Å². The molecule has 0 aliphatic carbocycles. The van der Waals surface area contributed by atoms with Crippen LogP contribution in [0.25, 0.3) is 0 Å². The van der Waals surface area contributed by atoms with Gasteiger partial charge in [0.1, 0.15) is 11.6 Å². The summed E-state index contributed by atoms with van der Waals surface area (Å²) in [6.07, 6.45) is 0. The first kappa shape index (κ1) is 13.6. The summed E-state index contributed by atoms with van der Waals surface area (Å²) in [5, 5.41) is 11.4. The molecular weight excluding hydrogens is 228 g/mol. The van der Waals surface area contributed by atoms with Crippen molar-refractivity contribution in [2.75, 3.05) is 13.2 Å². The Bertz CT molecular complexity index is 419. The highest BCUT2D eigenvalue weighted by Gasteiger charge is 2.19. The molecule has 0 unspecified atom stereocenters. The molecule has 0 atom stereocenters. The highest BCUT2D eigenvalue weighted by Crippen LogP contribution is 2.13. The molecule has 1 aromatic rings. The third-order valence-electron chi connectivity index (χ3n) is 2.33. The van der Waals surface area contributed by atoms with Crippen LogP contribution in [0.3, 0.4) is 0 Å². The summed E-state index contributed by atoms with van der Waals surface area (Å²) in [5.41, 5.74) is -0.835. The number of rotatable bonds is 4. The third kappa shape index (κ3) is 3.78. The Morgan fingerprint density at radius 1 is 1.41 bits per heavy atom. The molecule has 3 nitrogen and oxygen atoms in total. The maximum atomic E-state index is 13.2. The average Bonchev–Trinajstić information content (AvgIpc) is 2.29. The SMILES string of the molecule is CC(C)(CO)CNC(=O)c1cc(F)ccc1F. The normalized spacial score (nSPS) is 11.4. The van der Waals surface area contributed by atoms with E-state index in [1.807, 2.05) is 0 Å². The van der Waals surface area contributed by atoms with Crippen LogP contribution in [0.5, 0.6) is 0 Å². The largest absolute Gasteiger partial charge is 0.396 e. The van der Waals surface area contributed by atoms with Crippen molar-refractivity contribution in [3.8, 4) is 0 Å². The van der Waals surface area contributed by atoms with Crippen LogP contribution < -0.4 is 5.32 Å². The lowest BCUT2D eigenvalue weighted by Gasteiger charge is -2.21. The molecule has 0 saturated heterocycles. The van der Waals surface area contributed by atoms with Crippen LogP contribution in [0, 0.1) is 17.0 Å². The first-order valence-corrected chi connectivity index (χ1v) is 5.20. The smallest absolute Gasteiger partial charge is 0.254 e. The van der Waals surface area contributed by atoms with E-state index in [1.54, 1.807) is 13.8 Å². The number of nitrogens with one attached hydrogen (secondary N) is 1. The van der Waals surface area contributed by atoms with Crippen molar-refractivity contribution in [2.45, 2.75) is 13.8 Å². The van der Waals surface area contributed by atoms with Crippen molar-refractivity contribution in [2.24, 2.45) is 5.41 Å². The van der Waals surface area contributed by atoms with Gasteiger partial charge in [-0.1, -0.05) is 13.8 Å². The van der Waals surface area contributed by atoms with E-state index in [-0.39, 0.29) is 18.7 Å². The van der Waals surface area contributed by atoms with Gasteiger partial charge in [-0.05, 0) is 18.2 Å². The lowest BCUT2D eigenvalue weighted by Crippen LogP contribution is -2.36. The van der Waals surface area contributed by atoms with Crippen LogP contribution >= 0.6 is 0 Å². The van der Waals surface area contributed by atoms with Gasteiger partial charge in [-0.3, -0.25) is 4.79 Å². The van der Waals surface area contributed by atoms with E-state index in [9.17, 15) is 13.6 Å². The number of benzene rings is 1. The minimum atomic E-state index is -0.772. The standard InChI is InChI=1S/C12H15F2NO2/c1-12(2,7-16)6-15-11(17)9-5-8(13)3-4-10(9)14/h3-5,16H,6-7H2,1-2H3,(H,15,17). The molecule has 0 heterocycles. The van der Waals surface area contributed by atoms with E-state index in [0.717, 1.165) is 18.2 Å². The van der Waals surface area contributed by atoms with Crippen molar-refractivity contribution in [3.05, 3.63) is 35.4 Å². The quantitative estimate of drug-likeness (QED) is 0.845.